The molecule has 1 heterocycles. The van der Waals surface area contributed by atoms with Crippen molar-refractivity contribution < 1.29 is 31.9 Å². The standard InChI is InChI=1S/C28H40FN3O6SSi/c1-18(2)25-23(15-14-22(16-21(33)17-24(34)35)38-40(8,9)28(3,4)5)26(19-10-12-20(29)13-11-19)31-27(30-25)32(6)39(7,36)37/h10-15,18,22H,16-17H2,1-9H3,(H,34,35)/t22-/m1/s1. The van der Waals surface area contributed by atoms with Gasteiger partial charge in [-0.2, -0.15) is 0 Å². The molecule has 0 aliphatic rings. The highest BCUT2D eigenvalue weighted by Crippen LogP contribution is 2.38. The first kappa shape index (κ1) is 33.2. The molecule has 12 heteroatoms. The van der Waals surface area contributed by atoms with Gasteiger partial charge in [0, 0.05) is 24.6 Å². The number of rotatable bonds is 12. The Labute approximate surface area is 237 Å². The number of carboxylic acid groups (broad SMARTS) is 1. The van der Waals surface area contributed by atoms with Gasteiger partial charge in [-0.05, 0) is 48.3 Å². The van der Waals surface area contributed by atoms with Gasteiger partial charge in [0.1, 0.15) is 18.0 Å². The van der Waals surface area contributed by atoms with Crippen LogP contribution in [0.3, 0.4) is 0 Å². The summed E-state index contributed by atoms with van der Waals surface area (Å²) in [6, 6.07) is 5.66. The Morgan fingerprint density at radius 3 is 2.20 bits per heavy atom. The third-order valence-electron chi connectivity index (χ3n) is 6.91. The minimum absolute atomic E-state index is 0.0339. The first-order chi connectivity index (χ1) is 18.2. The first-order valence-corrected chi connectivity index (χ1v) is 17.7. The van der Waals surface area contributed by atoms with E-state index in [9.17, 15) is 22.4 Å². The van der Waals surface area contributed by atoms with E-state index in [0.717, 1.165) is 10.6 Å². The molecule has 0 unspecified atom stereocenters. The van der Waals surface area contributed by atoms with Crippen molar-refractivity contribution in [1.29, 1.82) is 0 Å². The second-order valence-electron chi connectivity index (χ2n) is 11.7. The summed E-state index contributed by atoms with van der Waals surface area (Å²) in [5.41, 5.74) is 2.02. The largest absolute Gasteiger partial charge is 0.481 e. The monoisotopic (exact) mass is 593 g/mol. The summed E-state index contributed by atoms with van der Waals surface area (Å²) in [5.74, 6) is -2.31. The van der Waals surface area contributed by atoms with E-state index < -0.39 is 48.4 Å². The van der Waals surface area contributed by atoms with Crippen molar-refractivity contribution in [3.8, 4) is 11.3 Å². The highest BCUT2D eigenvalue weighted by atomic mass is 32.2. The fourth-order valence-electron chi connectivity index (χ4n) is 3.57. The Morgan fingerprint density at radius 2 is 1.73 bits per heavy atom. The molecule has 0 aliphatic heterocycles. The van der Waals surface area contributed by atoms with Gasteiger partial charge in [-0.15, -0.1) is 0 Å². The summed E-state index contributed by atoms with van der Waals surface area (Å²) in [7, 11) is -4.69. The Hall–Kier alpha value is -2.96. The van der Waals surface area contributed by atoms with Gasteiger partial charge < -0.3 is 9.53 Å². The predicted octanol–water partition coefficient (Wildman–Crippen LogP) is 5.64. The molecule has 0 spiro atoms. The molecule has 0 aliphatic carbocycles. The fraction of sp³-hybridized carbons (Fsp3) is 0.500. The summed E-state index contributed by atoms with van der Waals surface area (Å²) < 4.78 is 45.8. The van der Waals surface area contributed by atoms with Crippen LogP contribution in [0.5, 0.6) is 0 Å². The van der Waals surface area contributed by atoms with Crippen LogP contribution in [-0.4, -0.2) is 63.0 Å². The minimum Gasteiger partial charge on any atom is -0.481 e. The molecule has 1 aromatic carbocycles. The molecule has 2 rings (SSSR count). The summed E-state index contributed by atoms with van der Waals surface area (Å²) in [6.45, 7) is 14.1. The summed E-state index contributed by atoms with van der Waals surface area (Å²) >= 11 is 0. The lowest BCUT2D eigenvalue weighted by atomic mass is 9.97. The molecule has 0 saturated carbocycles. The highest BCUT2D eigenvalue weighted by molar-refractivity contribution is 7.92. The maximum Gasteiger partial charge on any atom is 0.310 e. The van der Waals surface area contributed by atoms with E-state index in [1.54, 1.807) is 24.3 Å². The molecule has 2 aromatic rings. The quantitative estimate of drug-likeness (QED) is 0.248. The van der Waals surface area contributed by atoms with Crippen LogP contribution >= 0.6 is 0 Å². The number of anilines is 1. The average Bonchev–Trinajstić information content (AvgIpc) is 2.80. The first-order valence-electron chi connectivity index (χ1n) is 12.9. The van der Waals surface area contributed by atoms with Gasteiger partial charge in [0.2, 0.25) is 16.0 Å². The van der Waals surface area contributed by atoms with Crippen LogP contribution in [0.15, 0.2) is 30.3 Å². The third kappa shape index (κ3) is 8.77. The van der Waals surface area contributed by atoms with E-state index in [0.29, 0.717) is 22.5 Å². The van der Waals surface area contributed by atoms with Gasteiger partial charge in [0.05, 0.1) is 23.7 Å². The van der Waals surface area contributed by atoms with Gasteiger partial charge in [-0.1, -0.05) is 46.8 Å². The van der Waals surface area contributed by atoms with Gasteiger partial charge in [0.15, 0.2) is 8.32 Å². The zero-order valence-electron chi connectivity index (χ0n) is 24.6. The highest BCUT2D eigenvalue weighted by Gasteiger charge is 2.39. The van der Waals surface area contributed by atoms with Crippen LogP contribution < -0.4 is 4.31 Å². The summed E-state index contributed by atoms with van der Waals surface area (Å²) in [6.07, 6.45) is 3.02. The minimum atomic E-state index is -3.67. The van der Waals surface area contributed by atoms with Crippen LogP contribution in [0.25, 0.3) is 17.3 Å². The number of carbonyl (C=O) groups excluding carboxylic acids is 1. The van der Waals surface area contributed by atoms with Gasteiger partial charge in [-0.25, -0.2) is 27.1 Å². The number of aromatic nitrogens is 2. The van der Waals surface area contributed by atoms with Crippen LogP contribution in [0.1, 0.15) is 64.6 Å². The zero-order chi connectivity index (χ0) is 30.6. The number of ketones is 1. The van der Waals surface area contributed by atoms with Crippen LogP contribution in [0.4, 0.5) is 10.3 Å². The smallest absolute Gasteiger partial charge is 0.310 e. The van der Waals surface area contributed by atoms with E-state index in [-0.39, 0.29) is 23.3 Å². The Bertz CT molecular complexity index is 1370. The number of hydrogen-bond donors (Lipinski definition) is 1. The van der Waals surface area contributed by atoms with Gasteiger partial charge in [-0.3, -0.25) is 9.59 Å². The van der Waals surface area contributed by atoms with E-state index in [4.69, 9.17) is 9.53 Å². The lowest BCUT2D eigenvalue weighted by Crippen LogP contribution is -2.44. The second-order valence-corrected chi connectivity index (χ2v) is 18.4. The molecule has 1 atom stereocenters. The number of Topliss-reactive ketones (excluding diaryl/α,β-unsaturated/α-hetero) is 1. The van der Waals surface area contributed by atoms with E-state index >= 15 is 0 Å². The lowest BCUT2D eigenvalue weighted by molar-refractivity contribution is -0.140. The topological polar surface area (TPSA) is 127 Å². The predicted molar refractivity (Wildman–Crippen MR) is 158 cm³/mol. The van der Waals surface area contributed by atoms with Crippen molar-refractivity contribution in [3.05, 3.63) is 47.4 Å². The number of carboxylic acids is 1. The third-order valence-corrected chi connectivity index (χ3v) is 12.6. The normalized spacial score (nSPS) is 13.6. The number of benzene rings is 1. The van der Waals surface area contributed by atoms with E-state index in [1.165, 1.54) is 19.2 Å². The summed E-state index contributed by atoms with van der Waals surface area (Å²) in [4.78, 5) is 32.8. The Balaban J connectivity index is 2.76. The molecule has 0 amide bonds. The number of halogens is 1. The summed E-state index contributed by atoms with van der Waals surface area (Å²) in [5, 5.41) is 8.94. The van der Waals surface area contributed by atoms with Crippen molar-refractivity contribution in [3.63, 3.8) is 0 Å². The molecule has 0 saturated heterocycles. The fourth-order valence-corrected chi connectivity index (χ4v) is 5.22. The SMILES string of the molecule is CC(C)c1nc(N(C)S(C)(=O)=O)nc(-c2ccc(F)cc2)c1C=C[C@H](CC(=O)CC(=O)O)O[Si](C)(C)C(C)(C)C. The van der Waals surface area contributed by atoms with Crippen molar-refractivity contribution >= 4 is 42.1 Å². The van der Waals surface area contributed by atoms with Gasteiger partial charge in [0.25, 0.3) is 0 Å². The van der Waals surface area contributed by atoms with Crippen LogP contribution in [0.2, 0.25) is 18.1 Å². The van der Waals surface area contributed by atoms with Gasteiger partial charge >= 0.3 is 5.97 Å². The number of hydrogen-bond acceptors (Lipinski definition) is 7. The molecular weight excluding hydrogens is 553 g/mol. The number of aliphatic carboxylic acids is 1. The lowest BCUT2D eigenvalue weighted by Gasteiger charge is -2.38. The molecule has 1 N–H and O–H groups in total. The molecule has 9 nitrogen and oxygen atoms in total. The van der Waals surface area contributed by atoms with Crippen LogP contribution in [0, 0.1) is 5.82 Å². The molecule has 0 fully saturated rings. The zero-order valence-corrected chi connectivity index (χ0v) is 26.5. The van der Waals surface area contributed by atoms with Crippen molar-refractivity contribution in [2.45, 2.75) is 77.6 Å². The van der Waals surface area contributed by atoms with Crippen LogP contribution in [-0.2, 0) is 24.0 Å². The number of carbonyl (C=O) groups is 2. The Kier molecular flexibility index (Phi) is 10.5. The van der Waals surface area contributed by atoms with Crippen molar-refractivity contribution in [2.24, 2.45) is 0 Å². The molecule has 0 radical (unpaired) electrons. The molecule has 220 valence electrons. The molecular formula is C28H40FN3O6SSi. The molecule has 0 bridgehead atoms. The van der Waals surface area contributed by atoms with E-state index in [1.807, 2.05) is 26.9 Å². The van der Waals surface area contributed by atoms with Crippen molar-refractivity contribution in [1.82, 2.24) is 9.97 Å². The average molecular weight is 594 g/mol. The molecule has 40 heavy (non-hydrogen) atoms. The second kappa shape index (κ2) is 12.7. The van der Waals surface area contributed by atoms with E-state index in [2.05, 4.69) is 30.7 Å². The Morgan fingerprint density at radius 1 is 1.15 bits per heavy atom. The maximum absolute atomic E-state index is 13.8. The molecule has 1 aromatic heterocycles. The van der Waals surface area contributed by atoms with Crippen molar-refractivity contribution in [2.75, 3.05) is 17.6 Å². The maximum atomic E-state index is 13.8. The number of nitrogens with zero attached hydrogens (tertiary/aromatic N) is 3. The number of sulfonamides is 1.